The molecular weight excluding hydrogens is 456 g/mol. The van der Waals surface area contributed by atoms with Gasteiger partial charge in [0, 0.05) is 54.4 Å². The van der Waals surface area contributed by atoms with Gasteiger partial charge in [-0.25, -0.2) is 5.01 Å². The summed E-state index contributed by atoms with van der Waals surface area (Å²) in [5.41, 5.74) is 5.89. The van der Waals surface area contributed by atoms with E-state index in [-0.39, 0.29) is 23.7 Å². The highest BCUT2D eigenvalue weighted by molar-refractivity contribution is 6.02. The minimum Gasteiger partial charge on any atom is -0.304 e. The number of nitrogens with zero attached hydrogens (tertiary/aromatic N) is 3. The Kier molecular flexibility index (Phi) is 6.10. The Bertz CT molecular complexity index is 1500. The lowest BCUT2D eigenvalue weighted by atomic mass is 9.77. The predicted octanol–water partition coefficient (Wildman–Crippen LogP) is 3.56. The number of aromatic nitrogens is 2. The first-order valence-electron chi connectivity index (χ1n) is 11.9. The molecule has 8 heteroatoms. The summed E-state index contributed by atoms with van der Waals surface area (Å²) in [6, 6.07) is 10.7. The maximum atomic E-state index is 13.7. The van der Waals surface area contributed by atoms with Crippen molar-refractivity contribution in [2.75, 3.05) is 0 Å². The van der Waals surface area contributed by atoms with Crippen molar-refractivity contribution in [1.82, 2.24) is 20.0 Å². The van der Waals surface area contributed by atoms with Gasteiger partial charge in [0.15, 0.2) is 5.78 Å². The third kappa shape index (κ3) is 4.04. The molecular formula is C28H26N4O4. The first kappa shape index (κ1) is 23.4. The summed E-state index contributed by atoms with van der Waals surface area (Å²) in [6.45, 7) is 6.07. The molecule has 0 bridgehead atoms. The highest BCUT2D eigenvalue weighted by Crippen LogP contribution is 2.40. The first-order valence-corrected chi connectivity index (χ1v) is 11.9. The number of benzene rings is 1. The Morgan fingerprint density at radius 1 is 1.14 bits per heavy atom. The first-order chi connectivity index (χ1) is 17.4. The smallest absolute Gasteiger partial charge is 0.270 e. The molecule has 0 saturated carbocycles. The van der Waals surface area contributed by atoms with Gasteiger partial charge in [-0.3, -0.25) is 29.6 Å². The Balaban J connectivity index is 1.64. The van der Waals surface area contributed by atoms with Gasteiger partial charge in [-0.15, -0.1) is 6.58 Å². The average molecular weight is 483 g/mol. The predicted molar refractivity (Wildman–Crippen MR) is 135 cm³/mol. The SMILES string of the molecule is C=CCn1c(=O)c(C2CC(=O)N(NC(=O)c3ccncc3)C3=C2C(=O)CCC3)cc2cc(C)ccc21. The van der Waals surface area contributed by atoms with Crippen molar-refractivity contribution in [3.05, 3.63) is 99.8 Å². The fourth-order valence-corrected chi connectivity index (χ4v) is 5.15. The maximum absolute atomic E-state index is 13.7. The number of hydrogen-bond donors (Lipinski definition) is 1. The molecule has 5 rings (SSSR count). The molecule has 1 unspecified atom stereocenters. The number of carbonyl (C=O) groups excluding carboxylic acids is 3. The molecule has 0 saturated heterocycles. The average Bonchev–Trinajstić information content (AvgIpc) is 2.87. The van der Waals surface area contributed by atoms with Crippen LogP contribution in [0.4, 0.5) is 0 Å². The lowest BCUT2D eigenvalue weighted by Gasteiger charge is -2.38. The van der Waals surface area contributed by atoms with Crippen LogP contribution < -0.4 is 11.0 Å². The molecule has 2 aromatic heterocycles. The number of aryl methyl sites for hydroxylation is 1. The normalized spacial score (nSPS) is 17.8. The summed E-state index contributed by atoms with van der Waals surface area (Å²) in [6.07, 6.45) is 5.90. The molecule has 3 aromatic rings. The van der Waals surface area contributed by atoms with Crippen LogP contribution in [0.3, 0.4) is 0 Å². The molecule has 1 N–H and O–H groups in total. The van der Waals surface area contributed by atoms with Gasteiger partial charge in [0.1, 0.15) is 0 Å². The maximum Gasteiger partial charge on any atom is 0.270 e. The Hall–Kier alpha value is -4.33. The molecule has 182 valence electrons. The van der Waals surface area contributed by atoms with Crippen molar-refractivity contribution in [3.8, 4) is 0 Å². The van der Waals surface area contributed by atoms with Gasteiger partial charge in [-0.1, -0.05) is 17.7 Å². The monoisotopic (exact) mass is 482 g/mol. The molecule has 1 aliphatic carbocycles. The molecule has 0 fully saturated rings. The van der Waals surface area contributed by atoms with E-state index in [9.17, 15) is 19.2 Å². The number of pyridine rings is 2. The highest BCUT2D eigenvalue weighted by Gasteiger charge is 2.41. The van der Waals surface area contributed by atoms with E-state index in [1.165, 1.54) is 17.4 Å². The second-order valence-corrected chi connectivity index (χ2v) is 9.17. The second kappa shape index (κ2) is 9.37. The minimum atomic E-state index is -0.678. The number of hydrogen-bond acceptors (Lipinski definition) is 5. The lowest BCUT2D eigenvalue weighted by Crippen LogP contribution is -2.50. The fraction of sp³-hybridized carbons (Fsp3) is 0.250. The number of allylic oxidation sites excluding steroid dienone is 3. The van der Waals surface area contributed by atoms with Crippen LogP contribution in [0.15, 0.2) is 77.5 Å². The quantitative estimate of drug-likeness (QED) is 0.561. The van der Waals surface area contributed by atoms with Crippen LogP contribution in [-0.2, 0) is 16.1 Å². The summed E-state index contributed by atoms with van der Waals surface area (Å²) in [5.74, 6) is -1.61. The second-order valence-electron chi connectivity index (χ2n) is 9.17. The number of amides is 2. The molecule has 1 atom stereocenters. The van der Waals surface area contributed by atoms with Gasteiger partial charge in [0.25, 0.3) is 11.5 Å². The topological polar surface area (TPSA) is 101 Å². The zero-order valence-corrected chi connectivity index (χ0v) is 20.0. The highest BCUT2D eigenvalue weighted by atomic mass is 16.2. The van der Waals surface area contributed by atoms with E-state index in [1.54, 1.807) is 28.8 Å². The molecule has 0 radical (unpaired) electrons. The molecule has 1 aliphatic heterocycles. The Labute approximate surface area is 207 Å². The molecule has 1 aromatic carbocycles. The summed E-state index contributed by atoms with van der Waals surface area (Å²) >= 11 is 0. The van der Waals surface area contributed by atoms with Crippen LogP contribution in [-0.4, -0.2) is 32.2 Å². The Morgan fingerprint density at radius 3 is 2.67 bits per heavy atom. The van der Waals surface area contributed by atoms with Gasteiger partial charge in [-0.2, -0.15) is 0 Å². The van der Waals surface area contributed by atoms with Crippen LogP contribution in [0.25, 0.3) is 10.9 Å². The van der Waals surface area contributed by atoms with Gasteiger partial charge in [0.05, 0.1) is 11.2 Å². The van der Waals surface area contributed by atoms with Crippen molar-refractivity contribution in [1.29, 1.82) is 0 Å². The molecule has 36 heavy (non-hydrogen) atoms. The van der Waals surface area contributed by atoms with Gasteiger partial charge < -0.3 is 4.57 Å². The van der Waals surface area contributed by atoms with E-state index >= 15 is 0 Å². The minimum absolute atomic E-state index is 0.0954. The van der Waals surface area contributed by atoms with Gasteiger partial charge in [-0.05, 0) is 55.5 Å². The molecule has 8 nitrogen and oxygen atoms in total. The van der Waals surface area contributed by atoms with Crippen molar-refractivity contribution in [2.24, 2.45) is 0 Å². The van der Waals surface area contributed by atoms with Crippen LogP contribution >= 0.6 is 0 Å². The number of rotatable bonds is 5. The lowest BCUT2D eigenvalue weighted by molar-refractivity contribution is -0.133. The molecule has 2 aliphatic rings. The van der Waals surface area contributed by atoms with E-state index in [0.717, 1.165) is 16.5 Å². The number of hydrazine groups is 1. The number of ketones is 1. The van der Waals surface area contributed by atoms with Crippen LogP contribution in [0, 0.1) is 6.92 Å². The van der Waals surface area contributed by atoms with E-state index in [4.69, 9.17) is 0 Å². The largest absolute Gasteiger partial charge is 0.304 e. The number of carbonyl (C=O) groups is 3. The summed E-state index contributed by atoms with van der Waals surface area (Å²) in [5, 5.41) is 2.07. The standard InChI is InChI=1S/C28H26N4O4/c1-3-13-31-22-8-7-17(2)14-19(22)15-21(28(31)36)20-16-25(34)32(23-5-4-6-24(33)26(20)23)30-27(35)18-9-11-29-12-10-18/h3,7-12,14-15,20H,1,4-6,13,16H2,2H3,(H,30,35). The summed E-state index contributed by atoms with van der Waals surface area (Å²) < 4.78 is 1.63. The van der Waals surface area contributed by atoms with E-state index in [0.29, 0.717) is 48.2 Å². The van der Waals surface area contributed by atoms with Gasteiger partial charge in [0.2, 0.25) is 5.91 Å². The zero-order valence-electron chi connectivity index (χ0n) is 20.0. The summed E-state index contributed by atoms with van der Waals surface area (Å²) in [4.78, 5) is 57.0. The third-order valence-corrected chi connectivity index (χ3v) is 6.80. The Morgan fingerprint density at radius 2 is 1.92 bits per heavy atom. The molecule has 2 amide bonds. The van der Waals surface area contributed by atoms with Crippen molar-refractivity contribution in [3.63, 3.8) is 0 Å². The van der Waals surface area contributed by atoms with E-state index in [1.807, 2.05) is 25.1 Å². The number of fused-ring (bicyclic) bond motifs is 1. The van der Waals surface area contributed by atoms with Crippen molar-refractivity contribution in [2.45, 2.75) is 45.1 Å². The van der Waals surface area contributed by atoms with Crippen LogP contribution in [0.5, 0.6) is 0 Å². The van der Waals surface area contributed by atoms with E-state index in [2.05, 4.69) is 17.0 Å². The van der Waals surface area contributed by atoms with Gasteiger partial charge >= 0.3 is 0 Å². The number of Topliss-reactive ketones (excluding diaryl/α,β-unsaturated/α-hetero) is 1. The van der Waals surface area contributed by atoms with E-state index < -0.39 is 11.8 Å². The molecule has 3 heterocycles. The number of nitrogens with one attached hydrogen (secondary N) is 1. The fourth-order valence-electron chi connectivity index (χ4n) is 5.15. The zero-order chi connectivity index (χ0) is 25.4. The van der Waals surface area contributed by atoms with Crippen LogP contribution in [0.1, 0.15) is 53.1 Å². The third-order valence-electron chi connectivity index (χ3n) is 6.80. The molecule has 0 spiro atoms. The van der Waals surface area contributed by atoms with Crippen molar-refractivity contribution >= 4 is 28.5 Å². The van der Waals surface area contributed by atoms with Crippen molar-refractivity contribution < 1.29 is 14.4 Å². The summed E-state index contributed by atoms with van der Waals surface area (Å²) in [7, 11) is 0. The van der Waals surface area contributed by atoms with Crippen LogP contribution in [0.2, 0.25) is 0 Å².